The van der Waals surface area contributed by atoms with Crippen LogP contribution in [0.1, 0.15) is 56.7 Å². The van der Waals surface area contributed by atoms with Crippen molar-refractivity contribution in [3.8, 4) is 0 Å². The highest BCUT2D eigenvalue weighted by molar-refractivity contribution is 6.20. The molecule has 2 unspecified atom stereocenters. The maximum absolute atomic E-state index is 5.97. The van der Waals surface area contributed by atoms with Crippen molar-refractivity contribution in [2.24, 2.45) is 5.92 Å². The van der Waals surface area contributed by atoms with Gasteiger partial charge >= 0.3 is 6.01 Å². The molecule has 2 aliphatic rings. The average Bonchev–Trinajstić information content (AvgIpc) is 3.10. The number of nitrogens with zero attached hydrogens (tertiary/aromatic N) is 3. The van der Waals surface area contributed by atoms with Gasteiger partial charge in [-0.2, -0.15) is 0 Å². The molecule has 0 spiro atoms. The van der Waals surface area contributed by atoms with E-state index in [2.05, 4.69) is 15.1 Å². The molecule has 0 amide bonds. The minimum atomic E-state index is -0.209. The van der Waals surface area contributed by atoms with E-state index < -0.39 is 0 Å². The zero-order valence-corrected chi connectivity index (χ0v) is 11.6. The van der Waals surface area contributed by atoms with Gasteiger partial charge in [0.2, 0.25) is 5.89 Å². The smallest absolute Gasteiger partial charge is 0.318 e. The summed E-state index contributed by atoms with van der Waals surface area (Å²) >= 11 is 5.97. The summed E-state index contributed by atoms with van der Waals surface area (Å²) in [6, 6.07) is 1.28. The van der Waals surface area contributed by atoms with Gasteiger partial charge in [0, 0.05) is 12.6 Å². The zero-order chi connectivity index (χ0) is 12.5. The van der Waals surface area contributed by atoms with Crippen molar-refractivity contribution in [3.63, 3.8) is 0 Å². The Labute approximate surface area is 113 Å². The fraction of sp³-hybridized carbons (Fsp3) is 0.846. The number of aromatic nitrogens is 2. The molecule has 0 aromatic carbocycles. The topological polar surface area (TPSA) is 42.2 Å². The molecule has 1 aromatic rings. The predicted molar refractivity (Wildman–Crippen MR) is 70.9 cm³/mol. The summed E-state index contributed by atoms with van der Waals surface area (Å²) < 4.78 is 5.69. The Hall–Kier alpha value is -0.770. The first-order valence-electron chi connectivity index (χ1n) is 7.00. The van der Waals surface area contributed by atoms with Gasteiger partial charge in [0.15, 0.2) is 0 Å². The molecule has 3 rings (SSSR count). The number of anilines is 1. The summed E-state index contributed by atoms with van der Waals surface area (Å²) in [6.07, 6.45) is 7.96. The molecule has 0 bridgehead atoms. The Morgan fingerprint density at radius 1 is 1.22 bits per heavy atom. The molecule has 1 aliphatic heterocycles. The first-order valence-corrected chi connectivity index (χ1v) is 7.43. The number of halogens is 1. The predicted octanol–water partition coefficient (Wildman–Crippen LogP) is 3.53. The van der Waals surface area contributed by atoms with Gasteiger partial charge in [0.1, 0.15) is 5.38 Å². The lowest BCUT2D eigenvalue weighted by molar-refractivity contribution is 0.402. The fourth-order valence-corrected chi connectivity index (χ4v) is 3.45. The normalized spacial score (nSPS) is 27.0. The summed E-state index contributed by atoms with van der Waals surface area (Å²) in [6.45, 7) is 2.90. The van der Waals surface area contributed by atoms with Crippen LogP contribution in [0.15, 0.2) is 4.42 Å². The van der Waals surface area contributed by atoms with E-state index in [1.807, 2.05) is 6.92 Å². The molecule has 1 aliphatic carbocycles. The van der Waals surface area contributed by atoms with Crippen LogP contribution in [-0.2, 0) is 0 Å². The first-order chi connectivity index (χ1) is 8.75. The van der Waals surface area contributed by atoms with Crippen LogP contribution in [0.25, 0.3) is 0 Å². The minimum absolute atomic E-state index is 0.209. The van der Waals surface area contributed by atoms with Gasteiger partial charge < -0.3 is 9.32 Å². The highest BCUT2D eigenvalue weighted by Crippen LogP contribution is 2.37. The van der Waals surface area contributed by atoms with Crippen LogP contribution in [-0.4, -0.2) is 22.8 Å². The minimum Gasteiger partial charge on any atom is -0.406 e. The second-order valence-electron chi connectivity index (χ2n) is 5.49. The van der Waals surface area contributed by atoms with E-state index in [0.717, 1.165) is 12.5 Å². The first kappa shape index (κ1) is 12.3. The standard InChI is InChI=1S/C13H20ClN3O/c1-9(14)12-15-16-13(18-12)17-8-4-7-11(17)10-5-2-3-6-10/h9-11H,2-8H2,1H3. The molecule has 5 heteroatoms. The van der Waals surface area contributed by atoms with E-state index in [0.29, 0.717) is 17.9 Å². The molecule has 100 valence electrons. The lowest BCUT2D eigenvalue weighted by Gasteiger charge is -2.27. The largest absolute Gasteiger partial charge is 0.406 e. The molecule has 0 N–H and O–H groups in total. The number of alkyl halides is 1. The van der Waals surface area contributed by atoms with Gasteiger partial charge in [-0.3, -0.25) is 0 Å². The third-order valence-corrected chi connectivity index (χ3v) is 4.45. The number of rotatable bonds is 3. The quantitative estimate of drug-likeness (QED) is 0.788. The van der Waals surface area contributed by atoms with Crippen LogP contribution in [0.4, 0.5) is 6.01 Å². The molecule has 2 heterocycles. The number of hydrogen-bond donors (Lipinski definition) is 0. The van der Waals surface area contributed by atoms with Gasteiger partial charge in [-0.05, 0) is 38.5 Å². The summed E-state index contributed by atoms with van der Waals surface area (Å²) in [5, 5.41) is 7.99. The van der Waals surface area contributed by atoms with Crippen molar-refractivity contribution in [1.82, 2.24) is 10.2 Å². The molecular weight excluding hydrogens is 250 g/mol. The van der Waals surface area contributed by atoms with Crippen LogP contribution >= 0.6 is 11.6 Å². The summed E-state index contributed by atoms with van der Waals surface area (Å²) in [5.74, 6) is 1.35. The van der Waals surface area contributed by atoms with Gasteiger partial charge in [-0.15, -0.1) is 16.7 Å². The van der Waals surface area contributed by atoms with Crippen LogP contribution in [0, 0.1) is 5.92 Å². The van der Waals surface area contributed by atoms with E-state index in [9.17, 15) is 0 Å². The molecule has 2 fully saturated rings. The van der Waals surface area contributed by atoms with E-state index in [-0.39, 0.29) is 5.38 Å². The second kappa shape index (κ2) is 5.08. The van der Waals surface area contributed by atoms with Crippen molar-refractivity contribution >= 4 is 17.6 Å². The summed E-state index contributed by atoms with van der Waals surface area (Å²) in [4.78, 5) is 2.31. The Balaban J connectivity index is 1.76. The maximum atomic E-state index is 5.97. The highest BCUT2D eigenvalue weighted by atomic mass is 35.5. The van der Waals surface area contributed by atoms with Gasteiger partial charge in [0.05, 0.1) is 0 Å². The van der Waals surface area contributed by atoms with Crippen LogP contribution in [0.3, 0.4) is 0 Å². The maximum Gasteiger partial charge on any atom is 0.318 e. The van der Waals surface area contributed by atoms with Crippen LogP contribution in [0.2, 0.25) is 0 Å². The van der Waals surface area contributed by atoms with E-state index in [4.69, 9.17) is 16.0 Å². The fourth-order valence-electron chi connectivity index (χ4n) is 3.37. The van der Waals surface area contributed by atoms with Gasteiger partial charge in [0.25, 0.3) is 0 Å². The average molecular weight is 270 g/mol. The van der Waals surface area contributed by atoms with Crippen molar-refractivity contribution in [3.05, 3.63) is 5.89 Å². The molecule has 1 aromatic heterocycles. The molecule has 4 nitrogen and oxygen atoms in total. The monoisotopic (exact) mass is 269 g/mol. The van der Waals surface area contributed by atoms with Crippen molar-refractivity contribution in [2.45, 2.75) is 56.9 Å². The third-order valence-electron chi connectivity index (χ3n) is 4.26. The van der Waals surface area contributed by atoms with Crippen molar-refractivity contribution in [1.29, 1.82) is 0 Å². The van der Waals surface area contributed by atoms with Crippen LogP contribution < -0.4 is 4.90 Å². The lowest BCUT2D eigenvalue weighted by atomic mass is 9.96. The number of hydrogen-bond acceptors (Lipinski definition) is 4. The molecule has 1 saturated carbocycles. The summed E-state index contributed by atoms with van der Waals surface area (Å²) in [5.41, 5.74) is 0. The summed E-state index contributed by atoms with van der Waals surface area (Å²) in [7, 11) is 0. The Morgan fingerprint density at radius 2 is 2.00 bits per heavy atom. The third kappa shape index (κ3) is 2.22. The molecule has 2 atom stereocenters. The Bertz CT molecular complexity index is 401. The zero-order valence-electron chi connectivity index (χ0n) is 10.8. The lowest BCUT2D eigenvalue weighted by Crippen LogP contribution is -2.34. The van der Waals surface area contributed by atoms with Crippen molar-refractivity contribution < 1.29 is 4.42 Å². The van der Waals surface area contributed by atoms with Crippen LogP contribution in [0.5, 0.6) is 0 Å². The second-order valence-corrected chi connectivity index (χ2v) is 6.14. The van der Waals surface area contributed by atoms with E-state index in [1.165, 1.54) is 38.5 Å². The molecular formula is C13H20ClN3O. The van der Waals surface area contributed by atoms with Gasteiger partial charge in [-0.25, -0.2) is 0 Å². The Morgan fingerprint density at radius 3 is 2.67 bits per heavy atom. The van der Waals surface area contributed by atoms with E-state index >= 15 is 0 Å². The Kier molecular flexibility index (Phi) is 3.46. The highest BCUT2D eigenvalue weighted by Gasteiger charge is 2.35. The molecule has 0 radical (unpaired) electrons. The van der Waals surface area contributed by atoms with Gasteiger partial charge in [-0.1, -0.05) is 17.9 Å². The van der Waals surface area contributed by atoms with E-state index in [1.54, 1.807) is 0 Å². The SMILES string of the molecule is CC(Cl)c1nnc(N2CCCC2C2CCCC2)o1. The molecule has 1 saturated heterocycles. The molecule has 18 heavy (non-hydrogen) atoms. The van der Waals surface area contributed by atoms with Crippen molar-refractivity contribution in [2.75, 3.05) is 11.4 Å².